The van der Waals surface area contributed by atoms with Gasteiger partial charge in [-0.2, -0.15) is 8.42 Å². The number of hydrogen-bond donors (Lipinski definition) is 0. The molecule has 0 aliphatic carbocycles. The largest absolute Gasteiger partial charge is 0.295 e. The Kier molecular flexibility index (Phi) is 3.29. The van der Waals surface area contributed by atoms with Gasteiger partial charge in [0.25, 0.3) is 10.1 Å². The van der Waals surface area contributed by atoms with Gasteiger partial charge in [0, 0.05) is 18.1 Å². The Labute approximate surface area is 98.1 Å². The third-order valence-corrected chi connectivity index (χ3v) is 4.28. The van der Waals surface area contributed by atoms with E-state index in [4.69, 9.17) is 4.18 Å². The lowest BCUT2D eigenvalue weighted by Crippen LogP contribution is -2.48. The zero-order chi connectivity index (χ0) is 11.9. The molecule has 16 heavy (non-hydrogen) atoms. The number of nitrogens with zero attached hydrogens (tertiary/aromatic N) is 1. The van der Waals surface area contributed by atoms with Gasteiger partial charge in [0.2, 0.25) is 0 Å². The fourth-order valence-electron chi connectivity index (χ4n) is 3.33. The second-order valence-corrected chi connectivity index (χ2v) is 6.92. The fourth-order valence-corrected chi connectivity index (χ4v) is 3.98. The summed E-state index contributed by atoms with van der Waals surface area (Å²) in [5.41, 5.74) is 0. The first kappa shape index (κ1) is 12.3. The molecule has 2 heterocycles. The molecule has 2 saturated heterocycles. The van der Waals surface area contributed by atoms with Gasteiger partial charge >= 0.3 is 0 Å². The Morgan fingerprint density at radius 3 is 2.06 bits per heavy atom. The van der Waals surface area contributed by atoms with E-state index in [1.54, 1.807) is 0 Å². The fraction of sp³-hybridized carbons (Fsp3) is 1.00. The van der Waals surface area contributed by atoms with Crippen LogP contribution in [0, 0.1) is 0 Å². The molecule has 0 spiro atoms. The van der Waals surface area contributed by atoms with Gasteiger partial charge in [-0.05, 0) is 39.5 Å². The quantitative estimate of drug-likeness (QED) is 0.707. The zero-order valence-electron chi connectivity index (χ0n) is 10.2. The first-order valence-electron chi connectivity index (χ1n) is 6.02. The van der Waals surface area contributed by atoms with Gasteiger partial charge in [0.05, 0.1) is 12.4 Å². The van der Waals surface area contributed by atoms with Crippen molar-refractivity contribution in [2.75, 3.05) is 6.26 Å². The van der Waals surface area contributed by atoms with E-state index in [0.29, 0.717) is 18.1 Å². The Morgan fingerprint density at radius 2 is 1.69 bits per heavy atom. The predicted molar refractivity (Wildman–Crippen MR) is 62.7 cm³/mol. The molecule has 94 valence electrons. The van der Waals surface area contributed by atoms with E-state index in [9.17, 15) is 8.42 Å². The van der Waals surface area contributed by atoms with E-state index in [1.165, 1.54) is 12.8 Å². The van der Waals surface area contributed by atoms with Gasteiger partial charge in [0.15, 0.2) is 0 Å². The molecule has 0 aromatic rings. The standard InChI is InChI=1S/C11H21NO3S/c1-8(2)12-9-4-5-10(12)7-11(6-9)15-16(3,13)14/h8-11H,4-7H2,1-3H3. The Morgan fingerprint density at radius 1 is 1.19 bits per heavy atom. The maximum absolute atomic E-state index is 11.1. The van der Waals surface area contributed by atoms with Gasteiger partial charge < -0.3 is 0 Å². The number of hydrogen-bond acceptors (Lipinski definition) is 4. The average molecular weight is 247 g/mol. The molecular formula is C11H21NO3S. The van der Waals surface area contributed by atoms with E-state index in [2.05, 4.69) is 18.7 Å². The van der Waals surface area contributed by atoms with Crippen LogP contribution in [0.3, 0.4) is 0 Å². The third-order valence-electron chi connectivity index (χ3n) is 3.65. The van der Waals surface area contributed by atoms with Crippen LogP contribution in [0.25, 0.3) is 0 Å². The molecule has 0 saturated carbocycles. The molecule has 0 amide bonds. The average Bonchev–Trinajstić information content (AvgIpc) is 2.36. The monoisotopic (exact) mass is 247 g/mol. The molecule has 0 N–H and O–H groups in total. The SMILES string of the molecule is CC(C)N1C2CCC1CC(OS(C)(=O)=O)C2. The van der Waals surface area contributed by atoms with Crippen LogP contribution in [-0.2, 0) is 14.3 Å². The Balaban J connectivity index is 2.02. The smallest absolute Gasteiger partial charge is 0.264 e. The van der Waals surface area contributed by atoms with Crippen molar-refractivity contribution in [3.05, 3.63) is 0 Å². The maximum Gasteiger partial charge on any atom is 0.264 e. The predicted octanol–water partition coefficient (Wildman–Crippen LogP) is 1.37. The summed E-state index contributed by atoms with van der Waals surface area (Å²) in [5, 5.41) is 0. The summed E-state index contributed by atoms with van der Waals surface area (Å²) in [6.45, 7) is 4.42. The molecule has 2 bridgehead atoms. The van der Waals surface area contributed by atoms with Crippen LogP contribution >= 0.6 is 0 Å². The van der Waals surface area contributed by atoms with Crippen LogP contribution in [0.4, 0.5) is 0 Å². The molecule has 0 radical (unpaired) electrons. The van der Waals surface area contributed by atoms with Crippen LogP contribution in [0.1, 0.15) is 39.5 Å². The first-order valence-corrected chi connectivity index (χ1v) is 7.84. The van der Waals surface area contributed by atoms with Crippen LogP contribution in [0.2, 0.25) is 0 Å². The molecule has 2 unspecified atom stereocenters. The van der Waals surface area contributed by atoms with Gasteiger partial charge in [-0.15, -0.1) is 0 Å². The summed E-state index contributed by atoms with van der Waals surface area (Å²) in [5.74, 6) is 0. The van der Waals surface area contributed by atoms with Crippen molar-refractivity contribution in [2.45, 2.75) is 63.8 Å². The Hall–Kier alpha value is -0.130. The van der Waals surface area contributed by atoms with Crippen molar-refractivity contribution in [2.24, 2.45) is 0 Å². The van der Waals surface area contributed by atoms with Crippen molar-refractivity contribution in [3.8, 4) is 0 Å². The van der Waals surface area contributed by atoms with Crippen molar-refractivity contribution >= 4 is 10.1 Å². The summed E-state index contributed by atoms with van der Waals surface area (Å²) in [4.78, 5) is 2.53. The van der Waals surface area contributed by atoms with Gasteiger partial charge in [0.1, 0.15) is 0 Å². The van der Waals surface area contributed by atoms with E-state index in [1.807, 2.05) is 0 Å². The van der Waals surface area contributed by atoms with Crippen LogP contribution < -0.4 is 0 Å². The molecule has 5 heteroatoms. The van der Waals surface area contributed by atoms with E-state index in [-0.39, 0.29) is 6.10 Å². The van der Waals surface area contributed by atoms with Crippen LogP contribution in [0.15, 0.2) is 0 Å². The molecule has 2 atom stereocenters. The molecular weight excluding hydrogens is 226 g/mol. The lowest BCUT2D eigenvalue weighted by atomic mass is 9.98. The lowest BCUT2D eigenvalue weighted by molar-refractivity contribution is 0.0341. The molecule has 2 rings (SSSR count). The summed E-state index contributed by atoms with van der Waals surface area (Å²) < 4.78 is 27.4. The minimum Gasteiger partial charge on any atom is -0.295 e. The molecule has 0 aromatic heterocycles. The summed E-state index contributed by atoms with van der Waals surface area (Å²) in [7, 11) is -3.30. The van der Waals surface area contributed by atoms with Crippen LogP contribution in [-0.4, -0.2) is 43.8 Å². The highest BCUT2D eigenvalue weighted by atomic mass is 32.2. The molecule has 2 fully saturated rings. The second-order valence-electron chi connectivity index (χ2n) is 5.32. The first-order chi connectivity index (χ1) is 7.37. The summed E-state index contributed by atoms with van der Waals surface area (Å²) in [6, 6.07) is 1.59. The number of rotatable bonds is 3. The van der Waals surface area contributed by atoms with Gasteiger partial charge in [-0.3, -0.25) is 9.08 Å². The zero-order valence-corrected chi connectivity index (χ0v) is 11.0. The van der Waals surface area contributed by atoms with Crippen molar-refractivity contribution in [1.29, 1.82) is 0 Å². The highest BCUT2D eigenvalue weighted by Crippen LogP contribution is 2.38. The van der Waals surface area contributed by atoms with Gasteiger partial charge in [-0.1, -0.05) is 0 Å². The highest BCUT2D eigenvalue weighted by Gasteiger charge is 2.42. The topological polar surface area (TPSA) is 46.6 Å². The van der Waals surface area contributed by atoms with Crippen molar-refractivity contribution < 1.29 is 12.6 Å². The van der Waals surface area contributed by atoms with E-state index < -0.39 is 10.1 Å². The van der Waals surface area contributed by atoms with Gasteiger partial charge in [-0.25, -0.2) is 0 Å². The molecule has 2 aliphatic rings. The molecule has 4 nitrogen and oxygen atoms in total. The number of piperidine rings is 1. The lowest BCUT2D eigenvalue weighted by Gasteiger charge is -2.40. The minimum atomic E-state index is -3.30. The van der Waals surface area contributed by atoms with Crippen molar-refractivity contribution in [3.63, 3.8) is 0 Å². The van der Waals surface area contributed by atoms with E-state index >= 15 is 0 Å². The third kappa shape index (κ3) is 2.57. The molecule has 0 aromatic carbocycles. The normalized spacial score (nSPS) is 35.9. The number of fused-ring (bicyclic) bond motifs is 2. The second kappa shape index (κ2) is 4.27. The minimum absolute atomic E-state index is 0.0949. The van der Waals surface area contributed by atoms with Crippen molar-refractivity contribution in [1.82, 2.24) is 4.90 Å². The molecule has 2 aliphatic heterocycles. The van der Waals surface area contributed by atoms with E-state index in [0.717, 1.165) is 19.1 Å². The Bertz CT molecular complexity index is 338. The highest BCUT2D eigenvalue weighted by molar-refractivity contribution is 7.86. The summed E-state index contributed by atoms with van der Waals surface area (Å²) in [6.07, 6.45) is 5.15. The summed E-state index contributed by atoms with van der Waals surface area (Å²) >= 11 is 0. The van der Waals surface area contributed by atoms with Crippen LogP contribution in [0.5, 0.6) is 0 Å². The maximum atomic E-state index is 11.1.